The highest BCUT2D eigenvalue weighted by molar-refractivity contribution is 5.93. The molecular formula is C14H16FN3O2. The van der Waals surface area contributed by atoms with Crippen molar-refractivity contribution in [3.8, 4) is 12.3 Å². The number of carbonyl (C=O) groups is 2. The molecule has 1 rings (SSSR count). The first-order chi connectivity index (χ1) is 9.47. The number of terminal acetylenes is 1. The summed E-state index contributed by atoms with van der Waals surface area (Å²) in [5.74, 6) is 1.11. The van der Waals surface area contributed by atoms with Gasteiger partial charge in [0.1, 0.15) is 11.9 Å². The van der Waals surface area contributed by atoms with Crippen LogP contribution in [0.5, 0.6) is 0 Å². The van der Waals surface area contributed by atoms with Crippen molar-refractivity contribution < 1.29 is 14.0 Å². The van der Waals surface area contributed by atoms with Crippen LogP contribution < -0.4 is 16.4 Å². The summed E-state index contributed by atoms with van der Waals surface area (Å²) in [5.41, 5.74) is 5.92. The maximum Gasteiger partial charge on any atom is 0.319 e. The normalized spacial score (nSPS) is 11.2. The third-order valence-corrected chi connectivity index (χ3v) is 2.66. The molecule has 0 saturated carbocycles. The molecule has 0 aliphatic carbocycles. The van der Waals surface area contributed by atoms with Gasteiger partial charge < -0.3 is 16.4 Å². The fourth-order valence-corrected chi connectivity index (χ4v) is 1.58. The van der Waals surface area contributed by atoms with Crippen molar-refractivity contribution in [2.75, 3.05) is 5.32 Å². The molecule has 0 spiro atoms. The number of amides is 3. The molecule has 0 fully saturated rings. The van der Waals surface area contributed by atoms with Crippen molar-refractivity contribution in [2.45, 2.75) is 25.8 Å². The lowest BCUT2D eigenvalue weighted by Gasteiger charge is -2.14. The quantitative estimate of drug-likeness (QED) is 0.710. The van der Waals surface area contributed by atoms with Crippen LogP contribution in [0.4, 0.5) is 14.9 Å². The van der Waals surface area contributed by atoms with Crippen molar-refractivity contribution in [3.05, 3.63) is 29.6 Å². The second-order valence-electron chi connectivity index (χ2n) is 4.12. The van der Waals surface area contributed by atoms with Gasteiger partial charge in [-0.05, 0) is 24.1 Å². The summed E-state index contributed by atoms with van der Waals surface area (Å²) < 4.78 is 13.5. The lowest BCUT2D eigenvalue weighted by atomic mass is 10.1. The van der Waals surface area contributed by atoms with Gasteiger partial charge in [0.15, 0.2) is 0 Å². The Morgan fingerprint density at radius 1 is 1.50 bits per heavy atom. The summed E-state index contributed by atoms with van der Waals surface area (Å²) in [5, 5.41) is 4.74. The van der Waals surface area contributed by atoms with E-state index < -0.39 is 23.8 Å². The van der Waals surface area contributed by atoms with E-state index in [2.05, 4.69) is 16.6 Å². The lowest BCUT2D eigenvalue weighted by molar-refractivity contribution is -0.119. The van der Waals surface area contributed by atoms with E-state index in [1.165, 1.54) is 6.07 Å². The Hall–Kier alpha value is -2.55. The summed E-state index contributed by atoms with van der Waals surface area (Å²) >= 11 is 0. The van der Waals surface area contributed by atoms with Crippen molar-refractivity contribution >= 4 is 17.6 Å². The van der Waals surface area contributed by atoms with Gasteiger partial charge in [-0.25, -0.2) is 9.18 Å². The summed E-state index contributed by atoms with van der Waals surface area (Å²) in [6.07, 6.45) is 5.62. The topological polar surface area (TPSA) is 84.2 Å². The van der Waals surface area contributed by atoms with E-state index >= 15 is 0 Å². The van der Waals surface area contributed by atoms with Crippen LogP contribution in [0.2, 0.25) is 0 Å². The number of anilines is 1. The van der Waals surface area contributed by atoms with Gasteiger partial charge in [0.25, 0.3) is 0 Å². The number of primary amides is 1. The van der Waals surface area contributed by atoms with Crippen LogP contribution in [0.3, 0.4) is 0 Å². The standard InChI is InChI=1S/C14H16FN3O2/c1-3-5-12(13(16)19)18-14(20)17-10-7-6-9(4-2)11(15)8-10/h1,6-8,12H,4-5H2,2H3,(H2,16,19)(H2,17,18,20)/t12-/m0/s1. The fourth-order valence-electron chi connectivity index (χ4n) is 1.58. The number of aryl methyl sites for hydroxylation is 1. The second kappa shape index (κ2) is 7.14. The van der Waals surface area contributed by atoms with Crippen LogP contribution in [0.25, 0.3) is 0 Å². The Labute approximate surface area is 116 Å². The molecule has 0 bridgehead atoms. The van der Waals surface area contributed by atoms with E-state index in [4.69, 9.17) is 12.2 Å². The van der Waals surface area contributed by atoms with Crippen LogP contribution in [0.1, 0.15) is 18.9 Å². The molecule has 20 heavy (non-hydrogen) atoms. The van der Waals surface area contributed by atoms with Crippen LogP contribution in [0.15, 0.2) is 18.2 Å². The van der Waals surface area contributed by atoms with Crippen LogP contribution in [0, 0.1) is 18.2 Å². The molecule has 1 aromatic carbocycles. The highest BCUT2D eigenvalue weighted by Gasteiger charge is 2.16. The highest BCUT2D eigenvalue weighted by atomic mass is 19.1. The summed E-state index contributed by atoms with van der Waals surface area (Å²) in [6, 6.07) is 2.73. The first-order valence-corrected chi connectivity index (χ1v) is 6.06. The van der Waals surface area contributed by atoms with Crippen LogP contribution in [-0.2, 0) is 11.2 Å². The third-order valence-electron chi connectivity index (χ3n) is 2.66. The number of carbonyl (C=O) groups excluding carboxylic acids is 2. The molecule has 0 heterocycles. The summed E-state index contributed by atoms with van der Waals surface area (Å²) in [6.45, 7) is 1.83. The molecule has 0 aromatic heterocycles. The number of rotatable bonds is 5. The van der Waals surface area contributed by atoms with Crippen molar-refractivity contribution in [2.24, 2.45) is 5.73 Å². The first-order valence-electron chi connectivity index (χ1n) is 6.06. The van der Waals surface area contributed by atoms with Crippen molar-refractivity contribution in [3.63, 3.8) is 0 Å². The lowest BCUT2D eigenvalue weighted by Crippen LogP contribution is -2.45. The largest absolute Gasteiger partial charge is 0.368 e. The Morgan fingerprint density at radius 2 is 2.20 bits per heavy atom. The molecule has 1 aromatic rings. The van der Waals surface area contributed by atoms with Crippen LogP contribution in [-0.4, -0.2) is 18.0 Å². The molecule has 0 saturated heterocycles. The van der Waals surface area contributed by atoms with Gasteiger partial charge in [0.2, 0.25) is 5.91 Å². The highest BCUT2D eigenvalue weighted by Crippen LogP contribution is 2.14. The average molecular weight is 277 g/mol. The minimum absolute atomic E-state index is 0.00805. The maximum atomic E-state index is 13.5. The van der Waals surface area contributed by atoms with Gasteiger partial charge in [0.05, 0.1) is 0 Å². The van der Waals surface area contributed by atoms with E-state index in [0.717, 1.165) is 0 Å². The van der Waals surface area contributed by atoms with Gasteiger partial charge >= 0.3 is 6.03 Å². The Balaban J connectivity index is 2.69. The zero-order valence-electron chi connectivity index (χ0n) is 11.1. The smallest absolute Gasteiger partial charge is 0.319 e. The Morgan fingerprint density at radius 3 is 2.70 bits per heavy atom. The van der Waals surface area contributed by atoms with E-state index in [1.54, 1.807) is 12.1 Å². The van der Waals surface area contributed by atoms with E-state index in [1.807, 2.05) is 6.92 Å². The van der Waals surface area contributed by atoms with Gasteiger partial charge in [-0.15, -0.1) is 12.3 Å². The third kappa shape index (κ3) is 4.28. The number of nitrogens with two attached hydrogens (primary N) is 1. The Kier molecular flexibility index (Phi) is 5.54. The zero-order valence-corrected chi connectivity index (χ0v) is 11.1. The van der Waals surface area contributed by atoms with E-state index in [0.29, 0.717) is 12.0 Å². The minimum Gasteiger partial charge on any atom is -0.368 e. The number of hydrogen-bond acceptors (Lipinski definition) is 2. The molecule has 4 N–H and O–H groups in total. The van der Waals surface area contributed by atoms with E-state index in [-0.39, 0.29) is 12.1 Å². The number of nitrogens with one attached hydrogen (secondary N) is 2. The fraction of sp³-hybridized carbons (Fsp3) is 0.286. The maximum absolute atomic E-state index is 13.5. The van der Waals surface area contributed by atoms with Crippen LogP contribution >= 0.6 is 0 Å². The molecular weight excluding hydrogens is 261 g/mol. The Bertz CT molecular complexity index is 552. The van der Waals surface area contributed by atoms with Gasteiger partial charge in [-0.1, -0.05) is 13.0 Å². The monoisotopic (exact) mass is 277 g/mol. The van der Waals surface area contributed by atoms with Gasteiger partial charge in [0, 0.05) is 12.1 Å². The molecule has 0 radical (unpaired) electrons. The molecule has 6 heteroatoms. The molecule has 0 unspecified atom stereocenters. The second-order valence-corrected chi connectivity index (χ2v) is 4.12. The molecule has 0 aliphatic heterocycles. The van der Waals surface area contributed by atoms with E-state index in [9.17, 15) is 14.0 Å². The predicted octanol–water partition coefficient (Wildman–Crippen LogP) is 1.39. The molecule has 106 valence electrons. The number of halogens is 1. The first kappa shape index (κ1) is 15.5. The summed E-state index contributed by atoms with van der Waals surface area (Å²) in [7, 11) is 0. The molecule has 0 aliphatic rings. The molecule has 3 amide bonds. The zero-order chi connectivity index (χ0) is 15.1. The SMILES string of the molecule is C#CC[C@H](NC(=O)Nc1ccc(CC)c(F)c1)C(N)=O. The van der Waals surface area contributed by atoms with Gasteiger partial charge in [-0.3, -0.25) is 4.79 Å². The molecule has 1 atom stereocenters. The molecule has 5 nitrogen and oxygen atoms in total. The van der Waals surface area contributed by atoms with Crippen molar-refractivity contribution in [1.82, 2.24) is 5.32 Å². The minimum atomic E-state index is -0.959. The number of urea groups is 1. The van der Waals surface area contributed by atoms with Crippen molar-refractivity contribution in [1.29, 1.82) is 0 Å². The van der Waals surface area contributed by atoms with Gasteiger partial charge in [-0.2, -0.15) is 0 Å². The predicted molar refractivity (Wildman–Crippen MR) is 74.4 cm³/mol. The summed E-state index contributed by atoms with van der Waals surface area (Å²) in [4.78, 5) is 22.7. The number of benzene rings is 1. The number of hydrogen-bond donors (Lipinski definition) is 3. The average Bonchev–Trinajstić information content (AvgIpc) is 2.38.